The van der Waals surface area contributed by atoms with Gasteiger partial charge in [0.1, 0.15) is 0 Å². The van der Waals surface area contributed by atoms with E-state index in [2.05, 4.69) is 5.43 Å². The number of benzene rings is 1. The van der Waals surface area contributed by atoms with E-state index in [1.165, 1.54) is 21.3 Å². The second kappa shape index (κ2) is 7.69. The molecule has 1 fully saturated rings. The highest BCUT2D eigenvalue weighted by atomic mass is 35.5. The minimum absolute atomic E-state index is 0.00888. The van der Waals surface area contributed by atoms with Crippen LogP contribution in [0.2, 0.25) is 5.02 Å². The molecule has 1 unspecified atom stereocenters. The number of methoxy groups -OCH3 is 3. The molecule has 2 aromatic rings. The third-order valence-electron chi connectivity index (χ3n) is 4.57. The lowest BCUT2D eigenvalue weighted by Crippen LogP contribution is -2.50. The summed E-state index contributed by atoms with van der Waals surface area (Å²) in [5.41, 5.74) is 2.33. The number of fused-ring (bicyclic) bond motifs is 1. The second-order valence-corrected chi connectivity index (χ2v) is 8.98. The monoisotopic (exact) mass is 432 g/mol. The highest BCUT2D eigenvalue weighted by Gasteiger charge is 2.30. The topological polar surface area (TPSA) is 107 Å². The summed E-state index contributed by atoms with van der Waals surface area (Å²) in [5, 5.41) is 2.14. The van der Waals surface area contributed by atoms with Gasteiger partial charge in [-0.2, -0.15) is 0 Å². The van der Waals surface area contributed by atoms with E-state index in [0.717, 1.165) is 0 Å². The van der Waals surface area contributed by atoms with Crippen molar-refractivity contribution in [3.63, 3.8) is 0 Å². The number of halogens is 1. The smallest absolute Gasteiger partial charge is 0.362 e. The Labute approximate surface area is 167 Å². The molecule has 0 radical (unpaired) electrons. The molecule has 1 aromatic carbocycles. The Bertz CT molecular complexity index is 1070. The minimum atomic E-state index is -3.10. The van der Waals surface area contributed by atoms with Crippen LogP contribution in [0.1, 0.15) is 6.92 Å². The molecule has 0 saturated carbocycles. The number of nitrogens with one attached hydrogen (secondary N) is 1. The Morgan fingerprint density at radius 1 is 1.21 bits per heavy atom. The van der Waals surface area contributed by atoms with Gasteiger partial charge in [0, 0.05) is 18.0 Å². The number of hydrazine groups is 1. The minimum Gasteiger partial charge on any atom is -0.493 e. The summed E-state index contributed by atoms with van der Waals surface area (Å²) in [7, 11) is 1.21. The van der Waals surface area contributed by atoms with Crippen LogP contribution in [0.4, 0.5) is 5.69 Å². The summed E-state index contributed by atoms with van der Waals surface area (Å²) in [5.74, 6) is 0.771. The quantitative estimate of drug-likeness (QED) is 0.709. The molecule has 1 aliphatic heterocycles. The van der Waals surface area contributed by atoms with E-state index in [9.17, 15) is 13.2 Å². The van der Waals surface area contributed by atoms with Crippen LogP contribution in [0.5, 0.6) is 17.2 Å². The van der Waals surface area contributed by atoms with Crippen molar-refractivity contribution in [2.75, 3.05) is 44.8 Å². The maximum atomic E-state index is 12.6. The van der Waals surface area contributed by atoms with Gasteiger partial charge in [-0.3, -0.25) is 0 Å². The van der Waals surface area contributed by atoms with Gasteiger partial charge < -0.3 is 24.1 Å². The van der Waals surface area contributed by atoms with Crippen molar-refractivity contribution >= 4 is 38.1 Å². The lowest BCUT2D eigenvalue weighted by molar-refractivity contribution is 0.273. The lowest BCUT2D eigenvalue weighted by Gasteiger charge is -2.33. The molecule has 2 heterocycles. The molecule has 1 aliphatic rings. The molecule has 0 amide bonds. The first-order valence-corrected chi connectivity index (χ1v) is 10.6. The summed E-state index contributed by atoms with van der Waals surface area (Å²) in [6.45, 7) is 1.96. The molecular weight excluding hydrogens is 412 g/mol. The fraction of sp³-hybridized carbons (Fsp3) is 0.471. The van der Waals surface area contributed by atoms with Crippen LogP contribution in [0.15, 0.2) is 15.3 Å². The molecule has 11 heteroatoms. The molecule has 1 aromatic heterocycles. The fourth-order valence-corrected chi connectivity index (χ4v) is 4.98. The maximum absolute atomic E-state index is 12.6. The number of hydrogen-bond acceptors (Lipinski definition) is 9. The zero-order valence-electron chi connectivity index (χ0n) is 15.9. The SMILES string of the molecule is COc1cc2c(Cl)c(NN3CCS(=O)(=O)CC3C)c(=O)oc2c(OC)c1OC. The Morgan fingerprint density at radius 3 is 2.46 bits per heavy atom. The number of sulfone groups is 1. The first-order chi connectivity index (χ1) is 13.2. The number of rotatable bonds is 5. The third kappa shape index (κ3) is 3.59. The van der Waals surface area contributed by atoms with Crippen LogP contribution in [-0.2, 0) is 9.84 Å². The molecule has 0 aliphatic carbocycles. The van der Waals surface area contributed by atoms with E-state index >= 15 is 0 Å². The van der Waals surface area contributed by atoms with E-state index in [-0.39, 0.29) is 51.9 Å². The molecule has 0 bridgehead atoms. The van der Waals surface area contributed by atoms with Gasteiger partial charge in [-0.15, -0.1) is 0 Å². The molecule has 0 spiro atoms. The van der Waals surface area contributed by atoms with Gasteiger partial charge in [-0.25, -0.2) is 18.2 Å². The van der Waals surface area contributed by atoms with Crippen LogP contribution >= 0.6 is 11.6 Å². The predicted molar refractivity (Wildman–Crippen MR) is 106 cm³/mol. The number of ether oxygens (including phenoxy) is 3. The molecular formula is C17H21ClN2O7S. The third-order valence-corrected chi connectivity index (χ3v) is 6.75. The van der Waals surface area contributed by atoms with Gasteiger partial charge >= 0.3 is 5.63 Å². The fourth-order valence-electron chi connectivity index (χ4n) is 3.17. The molecule has 9 nitrogen and oxygen atoms in total. The molecule has 1 atom stereocenters. The standard InChI is InChI=1S/C17H21ClN2O7S/c1-9-8-28(22,23)6-5-20(9)19-13-12(18)10-7-11(24-2)15(25-3)16(26-4)14(10)27-17(13)21/h7,9,19H,5-6,8H2,1-4H3. The van der Waals surface area contributed by atoms with E-state index in [1.807, 2.05) is 0 Å². The van der Waals surface area contributed by atoms with Crippen LogP contribution in [-0.4, -0.2) is 58.8 Å². The van der Waals surface area contributed by atoms with E-state index in [4.69, 9.17) is 30.2 Å². The van der Waals surface area contributed by atoms with Crippen molar-refractivity contribution in [2.45, 2.75) is 13.0 Å². The summed E-state index contributed by atoms with van der Waals surface area (Å²) >= 11 is 6.50. The molecule has 1 saturated heterocycles. The largest absolute Gasteiger partial charge is 0.493 e. The number of anilines is 1. The average molecular weight is 433 g/mol. The lowest BCUT2D eigenvalue weighted by atomic mass is 10.1. The van der Waals surface area contributed by atoms with Gasteiger partial charge in [0.05, 0.1) is 37.9 Å². The summed E-state index contributed by atoms with van der Waals surface area (Å²) < 4.78 is 44.9. The van der Waals surface area contributed by atoms with Crippen molar-refractivity contribution in [1.82, 2.24) is 5.01 Å². The Hall–Kier alpha value is -2.17. The normalized spacial score (nSPS) is 19.4. The molecule has 3 rings (SSSR count). The van der Waals surface area contributed by atoms with Crippen molar-refractivity contribution in [3.05, 3.63) is 21.5 Å². The maximum Gasteiger partial charge on any atom is 0.362 e. The highest BCUT2D eigenvalue weighted by molar-refractivity contribution is 7.91. The average Bonchev–Trinajstić information content (AvgIpc) is 2.64. The summed E-state index contributed by atoms with van der Waals surface area (Å²) in [6.07, 6.45) is 0. The number of nitrogens with zero attached hydrogens (tertiary/aromatic N) is 1. The van der Waals surface area contributed by atoms with Crippen LogP contribution in [0.3, 0.4) is 0 Å². The predicted octanol–water partition coefficient (Wildman–Crippen LogP) is 1.92. The van der Waals surface area contributed by atoms with Crippen molar-refractivity contribution in [3.8, 4) is 17.2 Å². The molecule has 28 heavy (non-hydrogen) atoms. The zero-order valence-corrected chi connectivity index (χ0v) is 17.4. The van der Waals surface area contributed by atoms with Crippen molar-refractivity contribution in [2.24, 2.45) is 0 Å². The van der Waals surface area contributed by atoms with Gasteiger partial charge in [0.2, 0.25) is 11.5 Å². The van der Waals surface area contributed by atoms with Gasteiger partial charge in [0.15, 0.2) is 26.9 Å². The van der Waals surface area contributed by atoms with Crippen LogP contribution < -0.4 is 25.3 Å². The van der Waals surface area contributed by atoms with E-state index in [0.29, 0.717) is 11.1 Å². The van der Waals surface area contributed by atoms with Crippen molar-refractivity contribution < 1.29 is 27.0 Å². The first kappa shape index (κ1) is 20.6. The Balaban J connectivity index is 2.11. The van der Waals surface area contributed by atoms with Gasteiger partial charge in [0.25, 0.3) is 0 Å². The zero-order chi connectivity index (χ0) is 20.6. The molecule has 154 valence electrons. The van der Waals surface area contributed by atoms with Crippen molar-refractivity contribution in [1.29, 1.82) is 0 Å². The Kier molecular flexibility index (Phi) is 5.64. The van der Waals surface area contributed by atoms with Gasteiger partial charge in [-0.1, -0.05) is 11.6 Å². The summed E-state index contributed by atoms with van der Waals surface area (Å²) in [6, 6.07) is 1.24. The Morgan fingerprint density at radius 2 is 1.89 bits per heavy atom. The first-order valence-electron chi connectivity index (χ1n) is 8.41. The second-order valence-electron chi connectivity index (χ2n) is 6.37. The summed E-state index contributed by atoms with van der Waals surface area (Å²) in [4.78, 5) is 12.6. The van der Waals surface area contributed by atoms with Crippen LogP contribution in [0.25, 0.3) is 11.0 Å². The van der Waals surface area contributed by atoms with E-state index < -0.39 is 15.5 Å². The van der Waals surface area contributed by atoms with Crippen LogP contribution in [0, 0.1) is 0 Å². The number of hydrogen-bond donors (Lipinski definition) is 1. The molecule has 1 N–H and O–H groups in total. The van der Waals surface area contributed by atoms with Gasteiger partial charge in [-0.05, 0) is 13.0 Å². The highest BCUT2D eigenvalue weighted by Crippen LogP contribution is 2.45. The van der Waals surface area contributed by atoms with E-state index in [1.54, 1.807) is 18.0 Å².